The van der Waals surface area contributed by atoms with Crippen molar-refractivity contribution in [3.8, 4) is 5.75 Å². The summed E-state index contributed by atoms with van der Waals surface area (Å²) in [6.45, 7) is 4.03. The van der Waals surface area contributed by atoms with E-state index < -0.39 is 0 Å². The Bertz CT molecular complexity index is 515. The van der Waals surface area contributed by atoms with E-state index in [4.69, 9.17) is 9.15 Å². The van der Waals surface area contributed by atoms with Crippen LogP contribution in [0.1, 0.15) is 0 Å². The molecule has 0 radical (unpaired) electrons. The summed E-state index contributed by atoms with van der Waals surface area (Å²) in [4.78, 5) is 2.33. The molecule has 2 aromatic rings. The molecule has 0 saturated carbocycles. The van der Waals surface area contributed by atoms with Crippen molar-refractivity contribution in [2.75, 3.05) is 38.2 Å². The Morgan fingerprint density at radius 3 is 2.88 bits per heavy atom. The van der Waals surface area contributed by atoms with Crippen molar-refractivity contribution in [3.05, 3.63) is 24.5 Å². The van der Waals surface area contributed by atoms with Gasteiger partial charge in [0.2, 0.25) is 0 Å². The van der Waals surface area contributed by atoms with Crippen LogP contribution in [0.3, 0.4) is 0 Å². The molecule has 0 bridgehead atoms. The lowest BCUT2D eigenvalue weighted by Crippen LogP contribution is -2.43. The number of rotatable bonds is 2. The molecule has 1 fully saturated rings. The van der Waals surface area contributed by atoms with Crippen LogP contribution in [0.4, 0.5) is 5.69 Å². The fourth-order valence-corrected chi connectivity index (χ4v) is 2.29. The lowest BCUT2D eigenvalue weighted by Gasteiger charge is -2.30. The molecule has 1 saturated heterocycles. The average molecular weight is 232 g/mol. The van der Waals surface area contributed by atoms with Crippen LogP contribution in [0.2, 0.25) is 0 Å². The van der Waals surface area contributed by atoms with Gasteiger partial charge >= 0.3 is 0 Å². The van der Waals surface area contributed by atoms with Gasteiger partial charge in [-0.2, -0.15) is 0 Å². The summed E-state index contributed by atoms with van der Waals surface area (Å²) < 4.78 is 10.9. The number of hydrogen-bond acceptors (Lipinski definition) is 4. The molecule has 0 unspecified atom stereocenters. The van der Waals surface area contributed by atoms with Gasteiger partial charge in [0.1, 0.15) is 11.3 Å². The predicted molar refractivity (Wildman–Crippen MR) is 67.8 cm³/mol. The standard InChI is InChI=1S/C13H16N2O2/c1-16-13-8-10-2-7-17-12(10)9-11(13)15-5-3-14-4-6-15/h2,7-9,14H,3-6H2,1H3. The zero-order valence-electron chi connectivity index (χ0n) is 9.90. The normalized spacial score (nSPS) is 16.4. The second-order valence-corrected chi connectivity index (χ2v) is 4.22. The van der Waals surface area contributed by atoms with Crippen molar-refractivity contribution in [1.82, 2.24) is 5.32 Å². The molecule has 90 valence electrons. The highest BCUT2D eigenvalue weighted by Crippen LogP contribution is 2.33. The smallest absolute Gasteiger partial charge is 0.143 e. The zero-order chi connectivity index (χ0) is 11.7. The molecule has 1 N–H and O–H groups in total. The Balaban J connectivity index is 2.05. The topological polar surface area (TPSA) is 37.6 Å². The first-order valence-electron chi connectivity index (χ1n) is 5.89. The SMILES string of the molecule is COc1cc2ccoc2cc1N1CCNCC1. The van der Waals surface area contributed by atoms with E-state index in [-0.39, 0.29) is 0 Å². The second kappa shape index (κ2) is 4.30. The summed E-state index contributed by atoms with van der Waals surface area (Å²) >= 11 is 0. The average Bonchev–Trinajstić information content (AvgIpc) is 2.85. The number of piperazine rings is 1. The maximum atomic E-state index is 5.47. The molecule has 4 heteroatoms. The highest BCUT2D eigenvalue weighted by atomic mass is 16.5. The van der Waals surface area contributed by atoms with Crippen LogP contribution in [-0.2, 0) is 0 Å². The van der Waals surface area contributed by atoms with E-state index in [0.29, 0.717) is 0 Å². The molecular formula is C13H16N2O2. The van der Waals surface area contributed by atoms with Crippen LogP contribution in [-0.4, -0.2) is 33.3 Å². The fraction of sp³-hybridized carbons (Fsp3) is 0.385. The lowest BCUT2D eigenvalue weighted by molar-refractivity contribution is 0.413. The molecule has 4 nitrogen and oxygen atoms in total. The van der Waals surface area contributed by atoms with Crippen LogP contribution < -0.4 is 15.0 Å². The van der Waals surface area contributed by atoms with Crippen LogP contribution in [0, 0.1) is 0 Å². The van der Waals surface area contributed by atoms with E-state index in [1.54, 1.807) is 13.4 Å². The summed E-state index contributed by atoms with van der Waals surface area (Å²) in [6.07, 6.45) is 1.71. The molecule has 1 aromatic carbocycles. The predicted octanol–water partition coefficient (Wildman–Crippen LogP) is 1.85. The summed E-state index contributed by atoms with van der Waals surface area (Å²) in [5.41, 5.74) is 2.04. The van der Waals surface area contributed by atoms with Gasteiger partial charge in [-0.05, 0) is 12.1 Å². The van der Waals surface area contributed by atoms with Gasteiger partial charge < -0.3 is 19.4 Å². The Hall–Kier alpha value is -1.68. The van der Waals surface area contributed by atoms with Gasteiger partial charge in [-0.1, -0.05) is 0 Å². The van der Waals surface area contributed by atoms with Gasteiger partial charge in [0, 0.05) is 37.6 Å². The van der Waals surface area contributed by atoms with Crippen LogP contribution in [0.15, 0.2) is 28.9 Å². The summed E-state index contributed by atoms with van der Waals surface area (Å²) in [7, 11) is 1.72. The molecule has 0 amide bonds. The van der Waals surface area contributed by atoms with Crippen molar-refractivity contribution in [1.29, 1.82) is 0 Å². The Labute approximate surface area is 100 Å². The van der Waals surface area contributed by atoms with Crippen molar-refractivity contribution >= 4 is 16.7 Å². The molecule has 0 aliphatic carbocycles. The summed E-state index contributed by atoms with van der Waals surface area (Å²) in [5.74, 6) is 0.917. The van der Waals surface area contributed by atoms with Crippen LogP contribution >= 0.6 is 0 Å². The fourth-order valence-electron chi connectivity index (χ4n) is 2.29. The zero-order valence-corrected chi connectivity index (χ0v) is 9.90. The molecular weight excluding hydrogens is 216 g/mol. The van der Waals surface area contributed by atoms with Gasteiger partial charge in [0.15, 0.2) is 0 Å². The Kier molecular flexibility index (Phi) is 2.65. The third kappa shape index (κ3) is 1.85. The quantitative estimate of drug-likeness (QED) is 0.857. The Morgan fingerprint density at radius 1 is 1.29 bits per heavy atom. The van der Waals surface area contributed by atoms with Crippen molar-refractivity contribution in [2.24, 2.45) is 0 Å². The minimum absolute atomic E-state index is 0.916. The van der Waals surface area contributed by atoms with E-state index in [9.17, 15) is 0 Å². The van der Waals surface area contributed by atoms with Crippen molar-refractivity contribution in [3.63, 3.8) is 0 Å². The maximum absolute atomic E-state index is 5.47. The van der Waals surface area contributed by atoms with Gasteiger partial charge in [0.05, 0.1) is 19.1 Å². The molecule has 0 spiro atoms. The van der Waals surface area contributed by atoms with Crippen molar-refractivity contribution in [2.45, 2.75) is 0 Å². The van der Waals surface area contributed by atoms with Gasteiger partial charge in [-0.25, -0.2) is 0 Å². The number of nitrogens with zero attached hydrogens (tertiary/aromatic N) is 1. The van der Waals surface area contributed by atoms with Crippen LogP contribution in [0.25, 0.3) is 11.0 Å². The number of nitrogens with one attached hydrogen (secondary N) is 1. The highest BCUT2D eigenvalue weighted by Gasteiger charge is 2.16. The van der Waals surface area contributed by atoms with E-state index in [1.165, 1.54) is 0 Å². The van der Waals surface area contributed by atoms with Crippen molar-refractivity contribution < 1.29 is 9.15 Å². The summed E-state index contributed by atoms with van der Waals surface area (Å²) in [6, 6.07) is 6.06. The lowest BCUT2D eigenvalue weighted by atomic mass is 10.2. The van der Waals surface area contributed by atoms with Gasteiger partial charge in [0.25, 0.3) is 0 Å². The van der Waals surface area contributed by atoms with Gasteiger partial charge in [-0.15, -0.1) is 0 Å². The summed E-state index contributed by atoms with van der Waals surface area (Å²) in [5, 5.41) is 4.43. The molecule has 1 aromatic heterocycles. The molecule has 1 aliphatic heterocycles. The van der Waals surface area contributed by atoms with Gasteiger partial charge in [-0.3, -0.25) is 0 Å². The first-order valence-corrected chi connectivity index (χ1v) is 5.89. The highest BCUT2D eigenvalue weighted by molar-refractivity contribution is 5.85. The minimum atomic E-state index is 0.916. The monoisotopic (exact) mass is 232 g/mol. The Morgan fingerprint density at radius 2 is 2.12 bits per heavy atom. The molecule has 17 heavy (non-hydrogen) atoms. The second-order valence-electron chi connectivity index (χ2n) is 4.22. The number of fused-ring (bicyclic) bond motifs is 1. The van der Waals surface area contributed by atoms with Crippen LogP contribution in [0.5, 0.6) is 5.75 Å². The van der Waals surface area contributed by atoms with E-state index in [1.807, 2.05) is 12.1 Å². The number of furan rings is 1. The number of ether oxygens (including phenoxy) is 1. The number of methoxy groups -OCH3 is 1. The largest absolute Gasteiger partial charge is 0.495 e. The molecule has 3 rings (SSSR count). The third-order valence-corrected chi connectivity index (χ3v) is 3.21. The van der Waals surface area contributed by atoms with E-state index >= 15 is 0 Å². The molecule has 1 aliphatic rings. The number of benzene rings is 1. The molecule has 2 heterocycles. The first kappa shape index (κ1) is 10.5. The first-order chi connectivity index (χ1) is 8.38. The molecule has 0 atom stereocenters. The third-order valence-electron chi connectivity index (χ3n) is 3.21. The maximum Gasteiger partial charge on any atom is 0.143 e. The van der Waals surface area contributed by atoms with E-state index in [0.717, 1.165) is 48.6 Å². The minimum Gasteiger partial charge on any atom is -0.495 e. The van der Waals surface area contributed by atoms with E-state index in [2.05, 4.69) is 16.3 Å². The number of anilines is 1. The number of hydrogen-bond donors (Lipinski definition) is 1.